The van der Waals surface area contributed by atoms with E-state index in [2.05, 4.69) is 46.4 Å². The van der Waals surface area contributed by atoms with Gasteiger partial charge in [-0.05, 0) is 55.9 Å². The third-order valence-corrected chi connectivity index (χ3v) is 2.58. The summed E-state index contributed by atoms with van der Waals surface area (Å²) in [6, 6.07) is 4.66. The largest absolute Gasteiger partial charge is 0.103 e. The lowest BCUT2D eigenvalue weighted by Crippen LogP contribution is -1.94. The van der Waals surface area contributed by atoms with Crippen molar-refractivity contribution < 1.29 is 0 Å². The lowest BCUT2D eigenvalue weighted by Gasteiger charge is -2.09. The zero-order valence-electron chi connectivity index (χ0n) is 12.9. The van der Waals surface area contributed by atoms with Crippen molar-refractivity contribution >= 4 is 0 Å². The van der Waals surface area contributed by atoms with Gasteiger partial charge in [-0.2, -0.15) is 0 Å². The molecule has 0 heterocycles. The zero-order valence-corrected chi connectivity index (χ0v) is 12.9. The highest BCUT2D eigenvalue weighted by molar-refractivity contribution is 5.37. The van der Waals surface area contributed by atoms with E-state index in [4.69, 9.17) is 0 Å². The quantitative estimate of drug-likeness (QED) is 0.580. The number of hydrogen-bond acceptors (Lipinski definition) is 0. The van der Waals surface area contributed by atoms with Gasteiger partial charge in [0.25, 0.3) is 0 Å². The molecule has 0 radical (unpaired) electrons. The number of allylic oxidation sites excluding steroid dienone is 1. The highest BCUT2D eigenvalue weighted by Crippen LogP contribution is 2.16. The fourth-order valence-electron chi connectivity index (χ4n) is 1.59. The lowest BCUT2D eigenvalue weighted by atomic mass is 9.97. The van der Waals surface area contributed by atoms with Crippen LogP contribution in [-0.4, -0.2) is 0 Å². The van der Waals surface area contributed by atoms with Crippen molar-refractivity contribution in [2.75, 3.05) is 0 Å². The van der Waals surface area contributed by atoms with E-state index >= 15 is 0 Å². The monoisotopic (exact) mass is 234 g/mol. The van der Waals surface area contributed by atoms with E-state index in [1.165, 1.54) is 22.3 Å². The van der Waals surface area contributed by atoms with Crippen molar-refractivity contribution in [1.82, 2.24) is 0 Å². The molecule has 0 saturated carbocycles. The Labute approximate surface area is 109 Å². The predicted molar refractivity (Wildman–Crippen MR) is 81.9 cm³/mol. The van der Waals surface area contributed by atoms with Crippen LogP contribution >= 0.6 is 0 Å². The zero-order chi connectivity index (χ0) is 13.8. The molecule has 0 bridgehead atoms. The standard InChI is InChI=1S/C12H18.C3H6.C2H6/c1-5-11-7-9(3)10(4)8-12(11)6-2;1-3-2;1-2/h7-8H,5-6H2,1-4H3;3H,1H2,2H3;1-2H3. The number of benzene rings is 1. The summed E-state index contributed by atoms with van der Waals surface area (Å²) in [7, 11) is 0. The molecule has 0 spiro atoms. The first-order chi connectivity index (χ1) is 8.10. The summed E-state index contributed by atoms with van der Waals surface area (Å²) < 4.78 is 0. The fraction of sp³-hybridized carbons (Fsp3) is 0.529. The van der Waals surface area contributed by atoms with Crippen LogP contribution in [0.3, 0.4) is 0 Å². The topological polar surface area (TPSA) is 0 Å². The van der Waals surface area contributed by atoms with E-state index in [1.54, 1.807) is 6.08 Å². The van der Waals surface area contributed by atoms with E-state index in [1.807, 2.05) is 20.8 Å². The maximum Gasteiger partial charge on any atom is -0.0305 e. The van der Waals surface area contributed by atoms with Gasteiger partial charge in [0.15, 0.2) is 0 Å². The molecule has 0 aliphatic carbocycles. The number of rotatable bonds is 2. The molecule has 0 nitrogen and oxygen atoms in total. The third-order valence-electron chi connectivity index (χ3n) is 2.58. The van der Waals surface area contributed by atoms with Crippen LogP contribution in [0.4, 0.5) is 0 Å². The van der Waals surface area contributed by atoms with Crippen molar-refractivity contribution in [3.8, 4) is 0 Å². The van der Waals surface area contributed by atoms with Crippen LogP contribution in [0, 0.1) is 13.8 Å². The molecule has 0 aliphatic rings. The third kappa shape index (κ3) is 6.99. The Bertz CT molecular complexity index is 279. The van der Waals surface area contributed by atoms with Gasteiger partial charge in [0, 0.05) is 0 Å². The SMILES string of the molecule is C=CC.CC.CCc1cc(C)c(C)cc1CC. The van der Waals surface area contributed by atoms with Crippen molar-refractivity contribution in [3.05, 3.63) is 47.0 Å². The Hall–Kier alpha value is -1.04. The predicted octanol–water partition coefficient (Wildman–Crippen LogP) is 5.65. The van der Waals surface area contributed by atoms with Gasteiger partial charge in [-0.15, -0.1) is 6.58 Å². The molecule has 1 aromatic carbocycles. The summed E-state index contributed by atoms with van der Waals surface area (Å²) in [5.41, 5.74) is 5.87. The molecule has 1 rings (SSSR count). The van der Waals surface area contributed by atoms with Gasteiger partial charge in [-0.1, -0.05) is 45.9 Å². The molecular weight excluding hydrogens is 204 g/mol. The summed E-state index contributed by atoms with van der Waals surface area (Å²) in [6.45, 7) is 18.1. The lowest BCUT2D eigenvalue weighted by molar-refractivity contribution is 1.02. The summed E-state index contributed by atoms with van der Waals surface area (Å²) >= 11 is 0. The maximum atomic E-state index is 3.36. The van der Waals surface area contributed by atoms with Crippen molar-refractivity contribution in [3.63, 3.8) is 0 Å². The van der Waals surface area contributed by atoms with E-state index < -0.39 is 0 Å². The van der Waals surface area contributed by atoms with Crippen molar-refractivity contribution in [2.45, 2.75) is 61.3 Å². The smallest absolute Gasteiger partial charge is 0.0305 e. The molecule has 0 atom stereocenters. The first kappa shape index (κ1) is 18.3. The molecule has 98 valence electrons. The van der Waals surface area contributed by atoms with Gasteiger partial charge in [0.2, 0.25) is 0 Å². The number of hydrogen-bond donors (Lipinski definition) is 0. The first-order valence-corrected chi connectivity index (χ1v) is 6.76. The van der Waals surface area contributed by atoms with Crippen molar-refractivity contribution in [2.24, 2.45) is 0 Å². The second kappa shape index (κ2) is 11.4. The Kier molecular flexibility index (Phi) is 12.3. The molecule has 0 heteroatoms. The fourth-order valence-corrected chi connectivity index (χ4v) is 1.59. The maximum absolute atomic E-state index is 3.36. The average molecular weight is 234 g/mol. The highest BCUT2D eigenvalue weighted by Gasteiger charge is 2.01. The Morgan fingerprint density at radius 3 is 1.35 bits per heavy atom. The molecular formula is C17H30. The minimum atomic E-state index is 1.16. The van der Waals surface area contributed by atoms with E-state index in [-0.39, 0.29) is 0 Å². The molecule has 0 unspecified atom stereocenters. The van der Waals surface area contributed by atoms with Gasteiger partial charge in [0.1, 0.15) is 0 Å². The second-order valence-electron chi connectivity index (χ2n) is 3.82. The molecule has 0 amide bonds. The van der Waals surface area contributed by atoms with Crippen LogP contribution < -0.4 is 0 Å². The van der Waals surface area contributed by atoms with Crippen LogP contribution in [0.25, 0.3) is 0 Å². The van der Waals surface area contributed by atoms with Crippen LogP contribution in [0.5, 0.6) is 0 Å². The molecule has 0 aliphatic heterocycles. The summed E-state index contributed by atoms with van der Waals surface area (Å²) in [6.07, 6.45) is 4.06. The Balaban J connectivity index is 0. The minimum absolute atomic E-state index is 1.16. The van der Waals surface area contributed by atoms with E-state index in [0.29, 0.717) is 0 Å². The van der Waals surface area contributed by atoms with E-state index in [0.717, 1.165) is 12.8 Å². The van der Waals surface area contributed by atoms with Crippen molar-refractivity contribution in [1.29, 1.82) is 0 Å². The molecule has 0 aromatic heterocycles. The molecule has 0 saturated heterocycles. The molecule has 1 aromatic rings. The van der Waals surface area contributed by atoms with E-state index in [9.17, 15) is 0 Å². The number of aryl methyl sites for hydroxylation is 4. The summed E-state index contributed by atoms with van der Waals surface area (Å²) in [5.74, 6) is 0. The Morgan fingerprint density at radius 1 is 0.941 bits per heavy atom. The summed E-state index contributed by atoms with van der Waals surface area (Å²) in [5, 5.41) is 0. The second-order valence-corrected chi connectivity index (χ2v) is 3.82. The average Bonchev–Trinajstić information content (AvgIpc) is 2.35. The highest BCUT2D eigenvalue weighted by atomic mass is 14.1. The minimum Gasteiger partial charge on any atom is -0.103 e. The van der Waals surface area contributed by atoms with Gasteiger partial charge < -0.3 is 0 Å². The van der Waals surface area contributed by atoms with Crippen LogP contribution in [0.1, 0.15) is 56.9 Å². The van der Waals surface area contributed by atoms with Gasteiger partial charge in [-0.3, -0.25) is 0 Å². The van der Waals surface area contributed by atoms with Gasteiger partial charge in [-0.25, -0.2) is 0 Å². The molecule has 0 N–H and O–H groups in total. The van der Waals surface area contributed by atoms with Crippen LogP contribution in [0.15, 0.2) is 24.8 Å². The van der Waals surface area contributed by atoms with Crippen LogP contribution in [-0.2, 0) is 12.8 Å². The van der Waals surface area contributed by atoms with Crippen LogP contribution in [0.2, 0.25) is 0 Å². The molecule has 17 heavy (non-hydrogen) atoms. The summed E-state index contributed by atoms with van der Waals surface area (Å²) in [4.78, 5) is 0. The van der Waals surface area contributed by atoms with Gasteiger partial charge in [0.05, 0.1) is 0 Å². The molecule has 0 fully saturated rings. The Morgan fingerprint density at radius 2 is 1.18 bits per heavy atom. The van der Waals surface area contributed by atoms with Gasteiger partial charge >= 0.3 is 0 Å². The first-order valence-electron chi connectivity index (χ1n) is 6.76. The normalized spacial score (nSPS) is 8.41.